The standard InChI is InChI=1S/C25H20N6O/c32-25(22-16-28-29-24(22)18-7-3-1-4-8-18)27-15-20-17-31(21-9-5-2-6-10-21)30-23(20)19-11-13-26-14-12-19/h1-14,16-17H,15H2,(H,27,32)(H,28,29). The average molecular weight is 420 g/mol. The second-order valence-corrected chi connectivity index (χ2v) is 7.23. The van der Waals surface area contributed by atoms with Crippen LogP contribution in [0, 0.1) is 0 Å². The zero-order valence-corrected chi connectivity index (χ0v) is 17.1. The van der Waals surface area contributed by atoms with Gasteiger partial charge in [0.15, 0.2) is 0 Å². The molecule has 3 heterocycles. The Hall–Kier alpha value is -4.52. The summed E-state index contributed by atoms with van der Waals surface area (Å²) in [5, 5.41) is 14.8. The van der Waals surface area contributed by atoms with Crippen LogP contribution in [0.1, 0.15) is 15.9 Å². The number of aromatic amines is 1. The maximum atomic E-state index is 13.0. The van der Waals surface area contributed by atoms with Gasteiger partial charge in [0.2, 0.25) is 0 Å². The van der Waals surface area contributed by atoms with E-state index in [2.05, 4.69) is 20.5 Å². The summed E-state index contributed by atoms with van der Waals surface area (Å²) in [6.45, 7) is 0.322. The van der Waals surface area contributed by atoms with Crippen LogP contribution in [0.15, 0.2) is 97.6 Å². The third-order valence-corrected chi connectivity index (χ3v) is 5.15. The second-order valence-electron chi connectivity index (χ2n) is 7.23. The minimum atomic E-state index is -0.203. The van der Waals surface area contributed by atoms with Gasteiger partial charge in [0.25, 0.3) is 5.91 Å². The fourth-order valence-corrected chi connectivity index (χ4v) is 3.56. The van der Waals surface area contributed by atoms with Crippen molar-refractivity contribution in [2.75, 3.05) is 0 Å². The number of carbonyl (C=O) groups excluding carboxylic acids is 1. The predicted molar refractivity (Wildman–Crippen MR) is 122 cm³/mol. The maximum absolute atomic E-state index is 13.0. The smallest absolute Gasteiger partial charge is 0.255 e. The van der Waals surface area contributed by atoms with E-state index in [9.17, 15) is 4.79 Å². The van der Waals surface area contributed by atoms with Crippen LogP contribution in [0.4, 0.5) is 0 Å². The predicted octanol–water partition coefficient (Wildman–Crippen LogP) is 4.25. The summed E-state index contributed by atoms with van der Waals surface area (Å²) in [6, 6.07) is 23.4. The van der Waals surface area contributed by atoms with Crippen LogP contribution in [0.2, 0.25) is 0 Å². The van der Waals surface area contributed by atoms with Crippen LogP contribution < -0.4 is 5.32 Å². The number of para-hydroxylation sites is 1. The third-order valence-electron chi connectivity index (χ3n) is 5.15. The molecule has 0 unspecified atom stereocenters. The number of benzene rings is 2. The topological polar surface area (TPSA) is 88.5 Å². The highest BCUT2D eigenvalue weighted by atomic mass is 16.1. The van der Waals surface area contributed by atoms with E-state index in [1.807, 2.05) is 83.7 Å². The molecule has 0 aliphatic rings. The number of amides is 1. The van der Waals surface area contributed by atoms with Crippen LogP contribution in [0.3, 0.4) is 0 Å². The van der Waals surface area contributed by atoms with Gasteiger partial charge >= 0.3 is 0 Å². The van der Waals surface area contributed by atoms with Crippen LogP contribution in [0.25, 0.3) is 28.2 Å². The van der Waals surface area contributed by atoms with Crippen LogP contribution in [-0.4, -0.2) is 30.9 Å². The normalized spacial score (nSPS) is 10.8. The number of H-pyrrole nitrogens is 1. The Morgan fingerprint density at radius 2 is 1.62 bits per heavy atom. The summed E-state index contributed by atoms with van der Waals surface area (Å²) in [5.74, 6) is -0.203. The van der Waals surface area contributed by atoms with Crippen molar-refractivity contribution in [1.29, 1.82) is 0 Å². The molecule has 3 aromatic heterocycles. The highest BCUT2D eigenvalue weighted by Crippen LogP contribution is 2.24. The number of rotatable bonds is 6. The van der Waals surface area contributed by atoms with Crippen molar-refractivity contribution in [3.63, 3.8) is 0 Å². The molecule has 2 aromatic carbocycles. The van der Waals surface area contributed by atoms with Gasteiger partial charge in [0, 0.05) is 41.8 Å². The molecule has 0 bridgehead atoms. The first-order valence-electron chi connectivity index (χ1n) is 10.2. The van der Waals surface area contributed by atoms with Crippen LogP contribution in [0.5, 0.6) is 0 Å². The highest BCUT2D eigenvalue weighted by molar-refractivity contribution is 5.99. The van der Waals surface area contributed by atoms with E-state index >= 15 is 0 Å². The van der Waals surface area contributed by atoms with Crippen molar-refractivity contribution in [3.05, 3.63) is 109 Å². The zero-order valence-electron chi connectivity index (χ0n) is 17.1. The Morgan fingerprint density at radius 1 is 0.906 bits per heavy atom. The monoisotopic (exact) mass is 420 g/mol. The molecule has 0 spiro atoms. The molecule has 7 heteroatoms. The van der Waals surface area contributed by atoms with Gasteiger partial charge in [-0.05, 0) is 24.3 Å². The van der Waals surface area contributed by atoms with Crippen molar-refractivity contribution >= 4 is 5.91 Å². The Kier molecular flexibility index (Phi) is 5.28. The third kappa shape index (κ3) is 3.91. The maximum Gasteiger partial charge on any atom is 0.255 e. The van der Waals surface area contributed by atoms with Gasteiger partial charge in [0.05, 0.1) is 28.8 Å². The van der Waals surface area contributed by atoms with E-state index in [1.54, 1.807) is 18.6 Å². The van der Waals surface area contributed by atoms with E-state index in [4.69, 9.17) is 5.10 Å². The highest BCUT2D eigenvalue weighted by Gasteiger charge is 2.17. The number of carbonyl (C=O) groups is 1. The summed E-state index contributed by atoms with van der Waals surface area (Å²) < 4.78 is 1.82. The fraction of sp³-hybridized carbons (Fsp3) is 0.0400. The molecule has 5 rings (SSSR count). The number of pyridine rings is 1. The van der Waals surface area contributed by atoms with Gasteiger partial charge < -0.3 is 5.32 Å². The molecule has 0 saturated carbocycles. The van der Waals surface area contributed by atoms with Crippen LogP contribution >= 0.6 is 0 Å². The minimum Gasteiger partial charge on any atom is -0.348 e. The van der Waals surface area contributed by atoms with E-state index in [1.165, 1.54) is 0 Å². The quantitative estimate of drug-likeness (QED) is 0.430. The molecule has 5 aromatic rings. The molecule has 156 valence electrons. The van der Waals surface area contributed by atoms with Gasteiger partial charge in [-0.15, -0.1) is 0 Å². The largest absolute Gasteiger partial charge is 0.348 e. The van der Waals surface area contributed by atoms with Crippen molar-refractivity contribution in [2.24, 2.45) is 0 Å². The van der Waals surface area contributed by atoms with E-state index in [0.717, 1.165) is 28.1 Å². The lowest BCUT2D eigenvalue weighted by Crippen LogP contribution is -2.23. The number of nitrogens with zero attached hydrogens (tertiary/aromatic N) is 4. The molecule has 2 N–H and O–H groups in total. The van der Waals surface area contributed by atoms with E-state index in [0.29, 0.717) is 17.8 Å². The SMILES string of the molecule is O=C(NCc1cn(-c2ccccc2)nc1-c1ccncc1)c1cn[nH]c1-c1ccccc1. The molecule has 0 radical (unpaired) electrons. The first kappa shape index (κ1) is 19.4. The molecule has 32 heavy (non-hydrogen) atoms. The molecule has 0 fully saturated rings. The summed E-state index contributed by atoms with van der Waals surface area (Å²) in [5.41, 5.74) is 5.68. The lowest BCUT2D eigenvalue weighted by atomic mass is 10.1. The molecule has 7 nitrogen and oxygen atoms in total. The van der Waals surface area contributed by atoms with Crippen molar-refractivity contribution in [3.8, 4) is 28.2 Å². The Bertz CT molecular complexity index is 1330. The number of aromatic nitrogens is 5. The number of hydrogen-bond acceptors (Lipinski definition) is 4. The molecule has 0 saturated heterocycles. The summed E-state index contributed by atoms with van der Waals surface area (Å²) in [6.07, 6.45) is 6.96. The fourth-order valence-electron chi connectivity index (χ4n) is 3.56. The van der Waals surface area contributed by atoms with E-state index in [-0.39, 0.29) is 5.91 Å². The van der Waals surface area contributed by atoms with Gasteiger partial charge in [-0.3, -0.25) is 14.9 Å². The van der Waals surface area contributed by atoms with Crippen molar-refractivity contribution in [2.45, 2.75) is 6.54 Å². The van der Waals surface area contributed by atoms with E-state index < -0.39 is 0 Å². The van der Waals surface area contributed by atoms with Gasteiger partial charge in [-0.25, -0.2) is 4.68 Å². The summed E-state index contributed by atoms with van der Waals surface area (Å²) in [7, 11) is 0. The van der Waals surface area contributed by atoms with Gasteiger partial charge in [-0.2, -0.15) is 10.2 Å². The molecular weight excluding hydrogens is 400 g/mol. The van der Waals surface area contributed by atoms with Gasteiger partial charge in [0.1, 0.15) is 0 Å². The number of nitrogens with one attached hydrogen (secondary N) is 2. The minimum absolute atomic E-state index is 0.203. The Balaban J connectivity index is 1.43. The Labute approximate surface area is 184 Å². The van der Waals surface area contributed by atoms with Crippen molar-refractivity contribution < 1.29 is 4.79 Å². The lowest BCUT2D eigenvalue weighted by molar-refractivity contribution is 0.0951. The molecule has 0 atom stereocenters. The van der Waals surface area contributed by atoms with Crippen LogP contribution in [-0.2, 0) is 6.54 Å². The molecule has 0 aliphatic carbocycles. The number of hydrogen-bond donors (Lipinski definition) is 2. The molecule has 1 amide bonds. The average Bonchev–Trinajstić information content (AvgIpc) is 3.52. The second kappa shape index (κ2) is 8.69. The molecular formula is C25H20N6O. The zero-order chi connectivity index (χ0) is 21.8. The first-order chi connectivity index (χ1) is 15.8. The first-order valence-corrected chi connectivity index (χ1v) is 10.2. The lowest BCUT2D eigenvalue weighted by Gasteiger charge is -2.06. The summed E-state index contributed by atoms with van der Waals surface area (Å²) in [4.78, 5) is 17.1. The van der Waals surface area contributed by atoms with Gasteiger partial charge in [-0.1, -0.05) is 48.5 Å². The summed E-state index contributed by atoms with van der Waals surface area (Å²) >= 11 is 0. The Morgan fingerprint density at radius 3 is 2.38 bits per heavy atom. The van der Waals surface area contributed by atoms with Crippen molar-refractivity contribution in [1.82, 2.24) is 30.3 Å². The molecule has 0 aliphatic heterocycles.